The summed E-state index contributed by atoms with van der Waals surface area (Å²) in [6.07, 6.45) is 8.69. The van der Waals surface area contributed by atoms with E-state index in [0.29, 0.717) is 5.92 Å². The second-order valence-electron chi connectivity index (χ2n) is 7.96. The number of hydrogen-bond donors (Lipinski definition) is 0. The monoisotopic (exact) mass is 373 g/mol. The summed E-state index contributed by atoms with van der Waals surface area (Å²) in [4.78, 5) is 17.4. The van der Waals surface area contributed by atoms with Crippen molar-refractivity contribution in [2.45, 2.75) is 38.6 Å². The molecule has 2 heterocycles. The number of piperazine rings is 1. The van der Waals surface area contributed by atoms with Crippen molar-refractivity contribution in [1.82, 2.24) is 14.4 Å². The van der Waals surface area contributed by atoms with Gasteiger partial charge in [0.2, 0.25) is 0 Å². The van der Waals surface area contributed by atoms with Gasteiger partial charge >= 0.3 is 0 Å². The molecule has 2 fully saturated rings. The Kier molecular flexibility index (Phi) is 5.23. The minimum absolute atomic E-state index is 0.160. The highest BCUT2D eigenvalue weighted by Gasteiger charge is 2.24. The van der Waals surface area contributed by atoms with Crippen LogP contribution in [0.5, 0.6) is 0 Å². The molecular weight excluding hydrogens is 346 g/mol. The summed E-state index contributed by atoms with van der Waals surface area (Å²) in [6.45, 7) is 4.49. The van der Waals surface area contributed by atoms with Crippen molar-refractivity contribution >= 4 is 28.4 Å². The van der Waals surface area contributed by atoms with Gasteiger partial charge in [0.05, 0.1) is 11.1 Å². The molecule has 1 amide bonds. The van der Waals surface area contributed by atoms with E-state index >= 15 is 0 Å². The van der Waals surface area contributed by atoms with E-state index in [2.05, 4.69) is 22.7 Å². The summed E-state index contributed by atoms with van der Waals surface area (Å²) < 4.78 is 2.28. The van der Waals surface area contributed by atoms with Crippen LogP contribution < -0.4 is 0 Å². The van der Waals surface area contributed by atoms with Crippen molar-refractivity contribution in [2.75, 3.05) is 33.2 Å². The Morgan fingerprint density at radius 2 is 1.85 bits per heavy atom. The third-order valence-electron chi connectivity index (χ3n) is 6.04. The molecule has 0 unspecified atom stereocenters. The number of halogens is 1. The molecule has 1 aliphatic heterocycles. The number of nitrogens with zero attached hydrogens (tertiary/aromatic N) is 3. The summed E-state index contributed by atoms with van der Waals surface area (Å²) in [5, 5.41) is 1.77. The van der Waals surface area contributed by atoms with Crippen LogP contribution in [0.2, 0.25) is 5.02 Å². The second kappa shape index (κ2) is 7.61. The fourth-order valence-electron chi connectivity index (χ4n) is 4.41. The molecule has 0 bridgehead atoms. The topological polar surface area (TPSA) is 28.5 Å². The van der Waals surface area contributed by atoms with Gasteiger partial charge < -0.3 is 14.4 Å². The zero-order valence-electron chi connectivity index (χ0n) is 15.6. The summed E-state index contributed by atoms with van der Waals surface area (Å²) in [5.41, 5.74) is 1.93. The predicted octanol–water partition coefficient (Wildman–Crippen LogP) is 4.26. The molecule has 1 aromatic carbocycles. The number of carbonyl (C=O) groups excluding carboxylic acids is 1. The highest BCUT2D eigenvalue weighted by atomic mass is 35.5. The number of likely N-dealkylation sites (N-methyl/N-ethyl adjacent to an activating group) is 1. The van der Waals surface area contributed by atoms with E-state index in [0.717, 1.165) is 54.2 Å². The average molecular weight is 374 g/mol. The number of carbonyl (C=O) groups is 1. The van der Waals surface area contributed by atoms with Crippen molar-refractivity contribution in [1.29, 1.82) is 0 Å². The minimum atomic E-state index is 0.160. The molecule has 4 rings (SSSR count). The molecular formula is C21H28ClN3O. The molecule has 1 aliphatic carbocycles. The van der Waals surface area contributed by atoms with E-state index < -0.39 is 0 Å². The van der Waals surface area contributed by atoms with E-state index in [9.17, 15) is 4.79 Å². The van der Waals surface area contributed by atoms with Gasteiger partial charge in [0.15, 0.2) is 0 Å². The van der Waals surface area contributed by atoms with Crippen LogP contribution in [0.25, 0.3) is 10.9 Å². The highest BCUT2D eigenvalue weighted by molar-refractivity contribution is 6.31. The van der Waals surface area contributed by atoms with Crippen LogP contribution in [-0.2, 0) is 6.54 Å². The third kappa shape index (κ3) is 3.63. The summed E-state index contributed by atoms with van der Waals surface area (Å²) in [7, 11) is 2.11. The van der Waals surface area contributed by atoms with Gasteiger partial charge in [0.1, 0.15) is 0 Å². The second-order valence-corrected chi connectivity index (χ2v) is 8.39. The van der Waals surface area contributed by atoms with Crippen LogP contribution in [0.3, 0.4) is 0 Å². The molecule has 1 saturated heterocycles. The van der Waals surface area contributed by atoms with E-state index in [-0.39, 0.29) is 5.91 Å². The zero-order chi connectivity index (χ0) is 18.1. The van der Waals surface area contributed by atoms with Crippen LogP contribution >= 0.6 is 11.6 Å². The number of aromatic nitrogens is 1. The molecule has 2 aromatic rings. The van der Waals surface area contributed by atoms with Gasteiger partial charge in [0.25, 0.3) is 5.91 Å². The van der Waals surface area contributed by atoms with Crippen LogP contribution in [0, 0.1) is 5.92 Å². The fourth-order valence-corrected chi connectivity index (χ4v) is 4.58. The van der Waals surface area contributed by atoms with E-state index in [1.807, 2.05) is 23.1 Å². The molecule has 1 saturated carbocycles. The van der Waals surface area contributed by atoms with Crippen LogP contribution in [-0.4, -0.2) is 53.5 Å². The lowest BCUT2D eigenvalue weighted by atomic mass is 9.89. The Hall–Kier alpha value is -1.52. The molecule has 4 nitrogen and oxygen atoms in total. The van der Waals surface area contributed by atoms with Gasteiger partial charge in [-0.2, -0.15) is 0 Å². The SMILES string of the molecule is CN1CCN(C(=O)c2cn(CC3CCCCC3)c3cc(Cl)ccc23)CC1. The minimum Gasteiger partial charge on any atom is -0.346 e. The number of fused-ring (bicyclic) bond motifs is 1. The molecule has 1 aromatic heterocycles. The first-order chi connectivity index (χ1) is 12.6. The third-order valence-corrected chi connectivity index (χ3v) is 6.28. The van der Waals surface area contributed by atoms with Crippen molar-refractivity contribution < 1.29 is 4.79 Å². The van der Waals surface area contributed by atoms with E-state index in [1.165, 1.54) is 32.1 Å². The first-order valence-electron chi connectivity index (χ1n) is 9.88. The van der Waals surface area contributed by atoms with Crippen molar-refractivity contribution in [3.8, 4) is 0 Å². The fraction of sp³-hybridized carbons (Fsp3) is 0.571. The molecule has 2 aliphatic rings. The van der Waals surface area contributed by atoms with Gasteiger partial charge in [0, 0.05) is 49.3 Å². The maximum atomic E-state index is 13.2. The number of amides is 1. The van der Waals surface area contributed by atoms with Gasteiger partial charge in [-0.3, -0.25) is 4.79 Å². The molecule has 5 heteroatoms. The maximum Gasteiger partial charge on any atom is 0.256 e. The van der Waals surface area contributed by atoms with Gasteiger partial charge in [-0.15, -0.1) is 0 Å². The van der Waals surface area contributed by atoms with Crippen LogP contribution in [0.15, 0.2) is 24.4 Å². The Morgan fingerprint density at radius 3 is 2.58 bits per heavy atom. The normalized spacial score (nSPS) is 20.0. The largest absolute Gasteiger partial charge is 0.346 e. The zero-order valence-corrected chi connectivity index (χ0v) is 16.3. The average Bonchev–Trinajstić information content (AvgIpc) is 3.00. The Bertz CT molecular complexity index is 786. The number of hydrogen-bond acceptors (Lipinski definition) is 2. The number of benzene rings is 1. The Morgan fingerprint density at radius 1 is 1.12 bits per heavy atom. The van der Waals surface area contributed by atoms with Gasteiger partial charge in [-0.05, 0) is 37.9 Å². The van der Waals surface area contributed by atoms with Crippen molar-refractivity contribution in [2.24, 2.45) is 5.92 Å². The molecule has 0 spiro atoms. The lowest BCUT2D eigenvalue weighted by molar-refractivity contribution is 0.0666. The highest BCUT2D eigenvalue weighted by Crippen LogP contribution is 2.30. The summed E-state index contributed by atoms with van der Waals surface area (Å²) in [6, 6.07) is 5.93. The summed E-state index contributed by atoms with van der Waals surface area (Å²) in [5.74, 6) is 0.873. The van der Waals surface area contributed by atoms with E-state index in [1.54, 1.807) is 0 Å². The molecule has 26 heavy (non-hydrogen) atoms. The van der Waals surface area contributed by atoms with Gasteiger partial charge in [-0.1, -0.05) is 36.9 Å². The summed E-state index contributed by atoms with van der Waals surface area (Å²) >= 11 is 6.27. The quantitative estimate of drug-likeness (QED) is 0.804. The van der Waals surface area contributed by atoms with Gasteiger partial charge in [-0.25, -0.2) is 0 Å². The lowest BCUT2D eigenvalue weighted by Crippen LogP contribution is -2.47. The van der Waals surface area contributed by atoms with Crippen molar-refractivity contribution in [3.63, 3.8) is 0 Å². The molecule has 0 N–H and O–H groups in total. The first-order valence-corrected chi connectivity index (χ1v) is 10.3. The predicted molar refractivity (Wildman–Crippen MR) is 107 cm³/mol. The molecule has 0 radical (unpaired) electrons. The standard InChI is InChI=1S/C21H28ClN3O/c1-23-9-11-24(12-10-23)21(26)19-15-25(14-16-5-3-2-4-6-16)20-13-17(22)7-8-18(19)20/h7-8,13,15-16H,2-6,9-12,14H2,1H3. The molecule has 140 valence electrons. The smallest absolute Gasteiger partial charge is 0.256 e. The Balaban J connectivity index is 1.65. The van der Waals surface area contributed by atoms with Crippen molar-refractivity contribution in [3.05, 3.63) is 35.0 Å². The van der Waals surface area contributed by atoms with Crippen LogP contribution in [0.1, 0.15) is 42.5 Å². The molecule has 0 atom stereocenters. The Labute approximate surface area is 160 Å². The lowest BCUT2D eigenvalue weighted by Gasteiger charge is -2.32. The number of rotatable bonds is 3. The van der Waals surface area contributed by atoms with Crippen LogP contribution in [0.4, 0.5) is 0 Å². The first kappa shape index (κ1) is 17.9. The van der Waals surface area contributed by atoms with E-state index in [4.69, 9.17) is 11.6 Å². The maximum absolute atomic E-state index is 13.2.